The van der Waals surface area contributed by atoms with E-state index in [2.05, 4.69) is 4.98 Å². The first-order valence-corrected chi connectivity index (χ1v) is 5.13. The number of H-pyrrole nitrogens is 1. The highest BCUT2D eigenvalue weighted by Crippen LogP contribution is 2.24. The minimum atomic E-state index is -0.641. The van der Waals surface area contributed by atoms with Crippen molar-refractivity contribution in [2.75, 3.05) is 0 Å². The molecule has 3 heteroatoms. The van der Waals surface area contributed by atoms with Crippen LogP contribution in [0.4, 0.5) is 0 Å². The van der Waals surface area contributed by atoms with Crippen molar-refractivity contribution in [2.24, 2.45) is 0 Å². The predicted molar refractivity (Wildman–Crippen MR) is 61.0 cm³/mol. The van der Waals surface area contributed by atoms with Crippen molar-refractivity contribution < 1.29 is 5.11 Å². The van der Waals surface area contributed by atoms with E-state index < -0.39 is 6.10 Å². The van der Waals surface area contributed by atoms with Gasteiger partial charge >= 0.3 is 0 Å². The van der Waals surface area contributed by atoms with Crippen LogP contribution in [0.25, 0.3) is 0 Å². The molecule has 0 fully saturated rings. The Morgan fingerprint density at radius 1 is 1.33 bits per heavy atom. The number of rotatable bonds is 2. The van der Waals surface area contributed by atoms with E-state index in [1.54, 1.807) is 12.3 Å². The highest BCUT2D eigenvalue weighted by Gasteiger charge is 2.11. The topological polar surface area (TPSA) is 36.0 Å². The van der Waals surface area contributed by atoms with Gasteiger partial charge in [0.05, 0.1) is 0 Å². The average Bonchev–Trinajstić information content (AvgIpc) is 2.74. The first kappa shape index (κ1) is 10.3. The van der Waals surface area contributed by atoms with Gasteiger partial charge in [0.25, 0.3) is 0 Å². The van der Waals surface area contributed by atoms with Crippen LogP contribution >= 0.6 is 11.6 Å². The van der Waals surface area contributed by atoms with Gasteiger partial charge in [-0.1, -0.05) is 23.7 Å². The number of aliphatic hydroxyl groups excluding tert-OH is 1. The third-order valence-corrected chi connectivity index (χ3v) is 2.84. The molecule has 1 atom stereocenters. The van der Waals surface area contributed by atoms with Gasteiger partial charge < -0.3 is 10.1 Å². The Bertz CT molecular complexity index is 451. The maximum atomic E-state index is 10.0. The number of aromatic amines is 1. The van der Waals surface area contributed by atoms with Crippen LogP contribution in [0.2, 0.25) is 5.02 Å². The van der Waals surface area contributed by atoms with E-state index in [0.29, 0.717) is 5.02 Å². The third kappa shape index (κ3) is 2.06. The van der Waals surface area contributed by atoms with Crippen LogP contribution < -0.4 is 0 Å². The lowest BCUT2D eigenvalue weighted by atomic mass is 10.1. The standard InChI is InChI=1S/C12H12ClNO/c1-8-4-5-9(7-10(8)13)12(15)11-3-2-6-14-11/h2-7,12,14-15H,1H3. The first-order valence-electron chi connectivity index (χ1n) is 4.76. The molecule has 78 valence electrons. The van der Waals surface area contributed by atoms with E-state index >= 15 is 0 Å². The van der Waals surface area contributed by atoms with Gasteiger partial charge in [0.1, 0.15) is 6.10 Å². The molecule has 0 radical (unpaired) electrons. The number of halogens is 1. The summed E-state index contributed by atoms with van der Waals surface area (Å²) in [5, 5.41) is 10.7. The summed E-state index contributed by atoms with van der Waals surface area (Å²) in [4.78, 5) is 2.98. The first-order chi connectivity index (χ1) is 7.18. The zero-order chi connectivity index (χ0) is 10.8. The van der Waals surface area contributed by atoms with E-state index in [1.807, 2.05) is 31.2 Å². The summed E-state index contributed by atoms with van der Waals surface area (Å²) in [6, 6.07) is 9.28. The molecule has 1 aromatic heterocycles. The van der Waals surface area contributed by atoms with E-state index in [-0.39, 0.29) is 0 Å². The number of nitrogens with one attached hydrogen (secondary N) is 1. The second-order valence-corrected chi connectivity index (χ2v) is 3.94. The fourth-order valence-corrected chi connectivity index (χ4v) is 1.66. The summed E-state index contributed by atoms with van der Waals surface area (Å²) < 4.78 is 0. The maximum absolute atomic E-state index is 10.0. The van der Waals surface area contributed by atoms with E-state index in [4.69, 9.17) is 11.6 Å². The highest BCUT2D eigenvalue weighted by atomic mass is 35.5. The molecule has 1 unspecified atom stereocenters. The molecule has 2 nitrogen and oxygen atoms in total. The van der Waals surface area contributed by atoms with Crippen molar-refractivity contribution in [3.05, 3.63) is 58.4 Å². The molecular formula is C12H12ClNO. The molecule has 0 aliphatic heterocycles. The number of aromatic nitrogens is 1. The molecule has 0 spiro atoms. The van der Waals surface area contributed by atoms with Gasteiger partial charge in [-0.3, -0.25) is 0 Å². The van der Waals surface area contributed by atoms with Crippen LogP contribution in [0.15, 0.2) is 36.5 Å². The van der Waals surface area contributed by atoms with Crippen molar-refractivity contribution in [3.8, 4) is 0 Å². The summed E-state index contributed by atoms with van der Waals surface area (Å²) >= 11 is 6.00. The van der Waals surface area contributed by atoms with Crippen molar-refractivity contribution in [2.45, 2.75) is 13.0 Å². The van der Waals surface area contributed by atoms with Crippen molar-refractivity contribution in [1.82, 2.24) is 4.98 Å². The van der Waals surface area contributed by atoms with Gasteiger partial charge in [-0.25, -0.2) is 0 Å². The molecule has 2 N–H and O–H groups in total. The quantitative estimate of drug-likeness (QED) is 0.804. The smallest absolute Gasteiger partial charge is 0.119 e. The molecule has 2 aromatic rings. The molecule has 0 bridgehead atoms. The van der Waals surface area contributed by atoms with Gasteiger partial charge in [-0.2, -0.15) is 0 Å². The Hall–Kier alpha value is -1.25. The molecule has 0 amide bonds. The van der Waals surface area contributed by atoms with E-state index in [0.717, 1.165) is 16.8 Å². The summed E-state index contributed by atoms with van der Waals surface area (Å²) in [6.45, 7) is 1.94. The number of hydrogen-bond donors (Lipinski definition) is 2. The average molecular weight is 222 g/mol. The Morgan fingerprint density at radius 3 is 2.73 bits per heavy atom. The Kier molecular flexibility index (Phi) is 2.80. The lowest BCUT2D eigenvalue weighted by Crippen LogP contribution is -1.99. The summed E-state index contributed by atoms with van der Waals surface area (Å²) in [5.74, 6) is 0. The molecule has 0 aliphatic carbocycles. The fourth-order valence-electron chi connectivity index (χ4n) is 1.47. The van der Waals surface area contributed by atoms with Gasteiger partial charge in [-0.05, 0) is 36.2 Å². The summed E-state index contributed by atoms with van der Waals surface area (Å²) in [7, 11) is 0. The third-order valence-electron chi connectivity index (χ3n) is 2.43. The Balaban J connectivity index is 2.34. The van der Waals surface area contributed by atoms with Crippen LogP contribution in [-0.2, 0) is 0 Å². The van der Waals surface area contributed by atoms with Gasteiger partial charge in [-0.15, -0.1) is 0 Å². The Labute approximate surface area is 93.5 Å². The lowest BCUT2D eigenvalue weighted by Gasteiger charge is -2.10. The normalized spacial score (nSPS) is 12.7. The van der Waals surface area contributed by atoms with Crippen LogP contribution in [0.1, 0.15) is 22.9 Å². The molecule has 0 aliphatic rings. The lowest BCUT2D eigenvalue weighted by molar-refractivity contribution is 0.216. The summed E-state index contributed by atoms with van der Waals surface area (Å²) in [6.07, 6.45) is 1.15. The van der Waals surface area contributed by atoms with Gasteiger partial charge in [0, 0.05) is 16.9 Å². The van der Waals surface area contributed by atoms with Crippen LogP contribution in [-0.4, -0.2) is 10.1 Å². The number of aryl methyl sites for hydroxylation is 1. The molecule has 1 aromatic carbocycles. The minimum Gasteiger partial charge on any atom is -0.382 e. The Morgan fingerprint density at radius 2 is 2.13 bits per heavy atom. The highest BCUT2D eigenvalue weighted by molar-refractivity contribution is 6.31. The molecular weight excluding hydrogens is 210 g/mol. The second-order valence-electron chi connectivity index (χ2n) is 3.54. The number of hydrogen-bond acceptors (Lipinski definition) is 1. The molecule has 15 heavy (non-hydrogen) atoms. The summed E-state index contributed by atoms with van der Waals surface area (Å²) in [5.41, 5.74) is 2.59. The van der Waals surface area contributed by atoms with Crippen LogP contribution in [0.5, 0.6) is 0 Å². The largest absolute Gasteiger partial charge is 0.382 e. The zero-order valence-corrected chi connectivity index (χ0v) is 9.12. The van der Waals surface area contributed by atoms with Gasteiger partial charge in [0.15, 0.2) is 0 Å². The predicted octanol–water partition coefficient (Wildman–Crippen LogP) is 3.06. The fraction of sp³-hybridized carbons (Fsp3) is 0.167. The molecule has 0 saturated carbocycles. The molecule has 1 heterocycles. The van der Waals surface area contributed by atoms with Crippen molar-refractivity contribution >= 4 is 11.6 Å². The maximum Gasteiger partial charge on any atom is 0.119 e. The van der Waals surface area contributed by atoms with Crippen LogP contribution in [0.3, 0.4) is 0 Å². The minimum absolute atomic E-state index is 0.641. The van der Waals surface area contributed by atoms with E-state index in [9.17, 15) is 5.11 Å². The van der Waals surface area contributed by atoms with E-state index in [1.165, 1.54) is 0 Å². The number of aliphatic hydroxyl groups is 1. The SMILES string of the molecule is Cc1ccc(C(O)c2ccc[nH]2)cc1Cl. The van der Waals surface area contributed by atoms with Crippen LogP contribution in [0, 0.1) is 6.92 Å². The monoisotopic (exact) mass is 221 g/mol. The van der Waals surface area contributed by atoms with Crippen molar-refractivity contribution in [1.29, 1.82) is 0 Å². The number of benzene rings is 1. The molecule has 2 rings (SSSR count). The second kappa shape index (κ2) is 4.09. The molecule has 0 saturated heterocycles. The van der Waals surface area contributed by atoms with Gasteiger partial charge in [0.2, 0.25) is 0 Å². The van der Waals surface area contributed by atoms with Crippen molar-refractivity contribution in [3.63, 3.8) is 0 Å². The zero-order valence-electron chi connectivity index (χ0n) is 8.37.